The van der Waals surface area contributed by atoms with Crippen molar-refractivity contribution < 1.29 is 8.42 Å². The van der Waals surface area contributed by atoms with E-state index in [4.69, 9.17) is 11.6 Å². The first kappa shape index (κ1) is 14.2. The molecule has 102 valence electrons. The Morgan fingerprint density at radius 3 is 2.63 bits per heavy atom. The van der Waals surface area contributed by atoms with Gasteiger partial charge in [0.25, 0.3) is 10.0 Å². The molecule has 1 N–H and O–H groups in total. The number of halogens is 1. The number of thiophene rings is 1. The van der Waals surface area contributed by atoms with Crippen molar-refractivity contribution in [3.05, 3.63) is 34.6 Å². The van der Waals surface area contributed by atoms with E-state index in [-0.39, 0.29) is 15.9 Å². The van der Waals surface area contributed by atoms with Gasteiger partial charge in [-0.15, -0.1) is 11.3 Å². The lowest BCUT2D eigenvalue weighted by Crippen LogP contribution is -2.13. The van der Waals surface area contributed by atoms with Crippen molar-refractivity contribution in [2.24, 2.45) is 0 Å². The molecule has 0 aliphatic carbocycles. The van der Waals surface area contributed by atoms with Gasteiger partial charge >= 0.3 is 0 Å². The Hall–Kier alpha value is -1.18. The third kappa shape index (κ3) is 3.43. The van der Waals surface area contributed by atoms with Crippen molar-refractivity contribution in [2.45, 2.75) is 24.0 Å². The second-order valence-corrected chi connectivity index (χ2v) is 7.74. The summed E-state index contributed by atoms with van der Waals surface area (Å²) in [4.78, 5) is 8.24. The summed E-state index contributed by atoms with van der Waals surface area (Å²) < 4.78 is 27.1. The number of nitrogens with one attached hydrogen (secondary N) is 1. The lowest BCUT2D eigenvalue weighted by molar-refractivity contribution is 0.603. The molecule has 0 spiro atoms. The van der Waals surface area contributed by atoms with Crippen LogP contribution in [0.4, 0.5) is 5.82 Å². The van der Waals surface area contributed by atoms with Gasteiger partial charge in [0.2, 0.25) is 0 Å². The summed E-state index contributed by atoms with van der Waals surface area (Å²) >= 11 is 6.73. The maximum atomic E-state index is 12.1. The first-order chi connectivity index (χ1) is 8.88. The van der Waals surface area contributed by atoms with E-state index in [0.717, 1.165) is 11.3 Å². The van der Waals surface area contributed by atoms with Crippen LogP contribution >= 0.6 is 22.9 Å². The number of hydrogen-bond donors (Lipinski definition) is 1. The summed E-state index contributed by atoms with van der Waals surface area (Å²) in [7, 11) is -3.64. The van der Waals surface area contributed by atoms with E-state index in [9.17, 15) is 8.42 Å². The van der Waals surface area contributed by atoms with E-state index < -0.39 is 10.0 Å². The van der Waals surface area contributed by atoms with Crippen molar-refractivity contribution in [1.82, 2.24) is 9.97 Å². The van der Waals surface area contributed by atoms with Gasteiger partial charge in [-0.1, -0.05) is 25.4 Å². The lowest BCUT2D eigenvalue weighted by Gasteiger charge is -2.08. The van der Waals surface area contributed by atoms with Gasteiger partial charge in [0.1, 0.15) is 15.9 Å². The van der Waals surface area contributed by atoms with E-state index in [1.54, 1.807) is 6.07 Å². The number of nitrogens with zero attached hydrogens (tertiary/aromatic N) is 2. The molecule has 2 aromatic heterocycles. The van der Waals surface area contributed by atoms with Crippen molar-refractivity contribution in [3.8, 4) is 0 Å². The second-order valence-electron chi connectivity index (χ2n) is 4.12. The summed E-state index contributed by atoms with van der Waals surface area (Å²) in [6, 6.07) is 4.51. The lowest BCUT2D eigenvalue weighted by atomic mass is 10.2. The highest BCUT2D eigenvalue weighted by Gasteiger charge is 2.17. The van der Waals surface area contributed by atoms with Crippen LogP contribution in [0.3, 0.4) is 0 Å². The van der Waals surface area contributed by atoms with E-state index >= 15 is 0 Å². The average Bonchev–Trinajstić information content (AvgIpc) is 2.76. The number of aromatic nitrogens is 2. The fourth-order valence-corrected chi connectivity index (χ4v) is 3.82. The van der Waals surface area contributed by atoms with Gasteiger partial charge in [0.15, 0.2) is 0 Å². The normalized spacial score (nSPS) is 11.8. The highest BCUT2D eigenvalue weighted by molar-refractivity contribution is 7.94. The van der Waals surface area contributed by atoms with Crippen molar-refractivity contribution in [1.29, 1.82) is 0 Å². The molecule has 0 unspecified atom stereocenters. The van der Waals surface area contributed by atoms with Crippen LogP contribution in [0.1, 0.15) is 25.6 Å². The number of hydrogen-bond acceptors (Lipinski definition) is 5. The molecule has 0 atom stereocenters. The molecular formula is C11H12ClN3O2S2. The van der Waals surface area contributed by atoms with E-state index in [1.165, 1.54) is 18.3 Å². The van der Waals surface area contributed by atoms with Gasteiger partial charge in [-0.05, 0) is 18.2 Å². The minimum Gasteiger partial charge on any atom is -0.263 e. The van der Waals surface area contributed by atoms with Crippen molar-refractivity contribution in [2.75, 3.05) is 4.72 Å². The monoisotopic (exact) mass is 317 g/mol. The third-order valence-electron chi connectivity index (χ3n) is 2.24. The molecule has 0 aliphatic heterocycles. The largest absolute Gasteiger partial charge is 0.272 e. The van der Waals surface area contributed by atoms with Gasteiger partial charge in [-0.3, -0.25) is 4.72 Å². The Labute approximate surface area is 120 Å². The summed E-state index contributed by atoms with van der Waals surface area (Å²) in [6.45, 7) is 3.87. The topological polar surface area (TPSA) is 72.0 Å². The van der Waals surface area contributed by atoms with Crippen LogP contribution in [0.5, 0.6) is 0 Å². The summed E-state index contributed by atoms with van der Waals surface area (Å²) in [5, 5.41) is 0. The third-order valence-corrected chi connectivity index (χ3v) is 5.32. The second kappa shape index (κ2) is 5.44. The highest BCUT2D eigenvalue weighted by atomic mass is 35.5. The van der Waals surface area contributed by atoms with Crippen LogP contribution < -0.4 is 4.72 Å². The zero-order chi connectivity index (χ0) is 14.0. The Bertz CT molecular complexity index is 683. The van der Waals surface area contributed by atoms with Crippen molar-refractivity contribution in [3.63, 3.8) is 0 Å². The SMILES string of the molecule is CC(C)c1nccc(NS(=O)(=O)c2ccc(Cl)s2)n1. The maximum absolute atomic E-state index is 12.1. The van der Waals surface area contributed by atoms with Crippen LogP contribution in [-0.2, 0) is 10.0 Å². The van der Waals surface area contributed by atoms with Crippen LogP contribution in [0, 0.1) is 0 Å². The first-order valence-electron chi connectivity index (χ1n) is 5.49. The van der Waals surface area contributed by atoms with Gasteiger partial charge < -0.3 is 0 Å². The molecule has 0 amide bonds. The minimum atomic E-state index is -3.64. The highest BCUT2D eigenvalue weighted by Crippen LogP contribution is 2.26. The molecule has 0 radical (unpaired) electrons. The number of rotatable bonds is 4. The smallest absolute Gasteiger partial charge is 0.263 e. The quantitative estimate of drug-likeness (QED) is 0.940. The molecule has 0 fully saturated rings. The molecule has 0 aromatic carbocycles. The maximum Gasteiger partial charge on any atom is 0.272 e. The molecule has 0 saturated heterocycles. The predicted molar refractivity (Wildman–Crippen MR) is 76.3 cm³/mol. The van der Waals surface area contributed by atoms with Gasteiger partial charge in [0, 0.05) is 12.1 Å². The minimum absolute atomic E-state index is 0.126. The number of sulfonamides is 1. The van der Waals surface area contributed by atoms with Gasteiger partial charge in [-0.2, -0.15) is 0 Å². The Morgan fingerprint density at radius 1 is 1.32 bits per heavy atom. The van der Waals surface area contributed by atoms with Crippen LogP contribution in [0.15, 0.2) is 28.6 Å². The standard InChI is InChI=1S/C11H12ClN3O2S2/c1-7(2)11-13-6-5-9(14-11)15-19(16,17)10-4-3-8(12)18-10/h3-7H,1-2H3,(H,13,14,15). The summed E-state index contributed by atoms with van der Waals surface area (Å²) in [5.74, 6) is 0.966. The van der Waals surface area contributed by atoms with Crippen LogP contribution in [0.2, 0.25) is 4.34 Å². The molecule has 2 heterocycles. The molecule has 5 nitrogen and oxygen atoms in total. The van der Waals surface area contributed by atoms with Crippen LogP contribution in [-0.4, -0.2) is 18.4 Å². The van der Waals surface area contributed by atoms with Crippen LogP contribution in [0.25, 0.3) is 0 Å². The molecule has 8 heteroatoms. The van der Waals surface area contributed by atoms with Gasteiger partial charge in [-0.25, -0.2) is 18.4 Å². The summed E-state index contributed by atoms with van der Waals surface area (Å²) in [6.07, 6.45) is 1.53. The Balaban J connectivity index is 2.28. The average molecular weight is 318 g/mol. The van der Waals surface area contributed by atoms with E-state index in [2.05, 4.69) is 14.7 Å². The fraction of sp³-hybridized carbons (Fsp3) is 0.273. The zero-order valence-electron chi connectivity index (χ0n) is 10.3. The zero-order valence-corrected chi connectivity index (χ0v) is 12.7. The summed E-state index contributed by atoms with van der Waals surface area (Å²) in [5.41, 5.74) is 0. The molecule has 2 aromatic rings. The Kier molecular flexibility index (Phi) is 4.07. The Morgan fingerprint density at radius 2 is 2.05 bits per heavy atom. The molecule has 0 bridgehead atoms. The van der Waals surface area contributed by atoms with E-state index in [0.29, 0.717) is 10.2 Å². The number of anilines is 1. The molecule has 2 rings (SSSR count). The van der Waals surface area contributed by atoms with Crippen molar-refractivity contribution >= 4 is 38.8 Å². The van der Waals surface area contributed by atoms with Gasteiger partial charge in [0.05, 0.1) is 4.34 Å². The first-order valence-corrected chi connectivity index (χ1v) is 8.17. The molecule has 0 aliphatic rings. The van der Waals surface area contributed by atoms with E-state index in [1.807, 2.05) is 13.8 Å². The predicted octanol–water partition coefficient (Wildman–Crippen LogP) is 3.12. The molecular weight excluding hydrogens is 306 g/mol. The fourth-order valence-electron chi connectivity index (χ4n) is 1.34. The molecule has 19 heavy (non-hydrogen) atoms. The molecule has 0 saturated carbocycles.